The van der Waals surface area contributed by atoms with E-state index in [-0.39, 0.29) is 25.0 Å². The van der Waals surface area contributed by atoms with Gasteiger partial charge in [0, 0.05) is 51.4 Å². The SMILES string of the molecule is O=C1OC2(CCN(CCc3ccccc3)CC2)CN1C1CCC(F)(F)CC1. The molecule has 0 aromatic heterocycles. The zero-order chi connectivity index (χ0) is 18.9. The first-order valence-electron chi connectivity index (χ1n) is 10.1. The molecule has 1 aromatic rings. The van der Waals surface area contributed by atoms with Crippen LogP contribution in [0, 0.1) is 0 Å². The Morgan fingerprint density at radius 3 is 2.37 bits per heavy atom. The van der Waals surface area contributed by atoms with Gasteiger partial charge in [0.25, 0.3) is 0 Å². The molecule has 1 saturated carbocycles. The van der Waals surface area contributed by atoms with Crippen LogP contribution in [-0.4, -0.2) is 59.6 Å². The number of alkyl halides is 2. The first kappa shape index (κ1) is 18.7. The Balaban J connectivity index is 1.28. The fourth-order valence-corrected chi connectivity index (χ4v) is 4.64. The molecular weight excluding hydrogens is 350 g/mol. The van der Waals surface area contributed by atoms with E-state index in [4.69, 9.17) is 4.74 Å². The maximum Gasteiger partial charge on any atom is 0.410 e. The van der Waals surface area contributed by atoms with Gasteiger partial charge < -0.3 is 14.5 Å². The molecule has 1 aromatic carbocycles. The van der Waals surface area contributed by atoms with E-state index in [0.717, 1.165) is 38.9 Å². The Labute approximate surface area is 159 Å². The number of ether oxygens (including phenoxy) is 1. The minimum absolute atomic E-state index is 0.0902. The zero-order valence-electron chi connectivity index (χ0n) is 15.7. The van der Waals surface area contributed by atoms with E-state index in [1.807, 2.05) is 6.07 Å². The van der Waals surface area contributed by atoms with E-state index in [1.54, 1.807) is 4.90 Å². The van der Waals surface area contributed by atoms with Crippen LogP contribution in [0.3, 0.4) is 0 Å². The van der Waals surface area contributed by atoms with Gasteiger partial charge in [-0.2, -0.15) is 0 Å². The normalized spacial score (nSPS) is 25.7. The van der Waals surface area contributed by atoms with Gasteiger partial charge in [-0.05, 0) is 24.8 Å². The largest absolute Gasteiger partial charge is 0.441 e. The highest BCUT2D eigenvalue weighted by atomic mass is 19.3. The first-order valence-corrected chi connectivity index (χ1v) is 10.1. The van der Waals surface area contributed by atoms with E-state index in [9.17, 15) is 13.6 Å². The molecule has 0 unspecified atom stereocenters. The molecule has 6 heteroatoms. The van der Waals surface area contributed by atoms with Crippen LogP contribution in [0.1, 0.15) is 44.1 Å². The number of hydrogen-bond acceptors (Lipinski definition) is 3. The summed E-state index contributed by atoms with van der Waals surface area (Å²) in [5, 5.41) is 0. The maximum absolute atomic E-state index is 13.4. The first-order chi connectivity index (χ1) is 12.9. The molecule has 4 nitrogen and oxygen atoms in total. The van der Waals surface area contributed by atoms with Crippen molar-refractivity contribution in [2.45, 2.75) is 62.5 Å². The predicted molar refractivity (Wildman–Crippen MR) is 98.9 cm³/mol. The summed E-state index contributed by atoms with van der Waals surface area (Å²) in [5.74, 6) is -2.57. The van der Waals surface area contributed by atoms with Crippen molar-refractivity contribution in [1.82, 2.24) is 9.80 Å². The molecule has 0 radical (unpaired) electrons. The monoisotopic (exact) mass is 378 g/mol. The van der Waals surface area contributed by atoms with Gasteiger partial charge in [0.2, 0.25) is 5.92 Å². The second kappa shape index (κ2) is 7.38. The molecule has 3 fully saturated rings. The quantitative estimate of drug-likeness (QED) is 0.791. The molecule has 2 heterocycles. The van der Waals surface area contributed by atoms with Crippen LogP contribution in [0.4, 0.5) is 13.6 Å². The number of likely N-dealkylation sites (tertiary alicyclic amines) is 1. The summed E-state index contributed by atoms with van der Waals surface area (Å²) in [5.41, 5.74) is 0.922. The molecule has 0 bridgehead atoms. The van der Waals surface area contributed by atoms with E-state index < -0.39 is 11.5 Å². The van der Waals surface area contributed by atoms with Gasteiger partial charge >= 0.3 is 6.09 Å². The Kier molecular flexibility index (Phi) is 5.10. The molecule has 1 aliphatic carbocycles. The van der Waals surface area contributed by atoms with Crippen LogP contribution in [-0.2, 0) is 11.2 Å². The van der Waals surface area contributed by atoms with Crippen LogP contribution in [0.2, 0.25) is 0 Å². The third-order valence-electron chi connectivity index (χ3n) is 6.45. The van der Waals surface area contributed by atoms with Crippen molar-refractivity contribution >= 4 is 6.09 Å². The van der Waals surface area contributed by atoms with E-state index >= 15 is 0 Å². The van der Waals surface area contributed by atoms with Crippen molar-refractivity contribution in [3.05, 3.63) is 35.9 Å². The summed E-state index contributed by atoms with van der Waals surface area (Å²) in [6.45, 7) is 3.40. The standard InChI is InChI=1S/C21H28F2N2O2/c22-21(23)9-6-18(7-10-21)25-16-20(27-19(25)26)11-14-24(15-12-20)13-8-17-4-2-1-3-5-17/h1-5,18H,6-16H2. The summed E-state index contributed by atoms with van der Waals surface area (Å²) >= 11 is 0. The average Bonchev–Trinajstić information content (AvgIpc) is 2.98. The van der Waals surface area contributed by atoms with Crippen molar-refractivity contribution in [2.24, 2.45) is 0 Å². The molecular formula is C21H28F2N2O2. The Hall–Kier alpha value is -1.69. The predicted octanol–water partition coefficient (Wildman–Crippen LogP) is 4.09. The fraction of sp³-hybridized carbons (Fsp3) is 0.667. The number of carbonyl (C=O) groups is 1. The highest BCUT2D eigenvalue weighted by Gasteiger charge is 2.50. The number of benzene rings is 1. The van der Waals surface area contributed by atoms with Crippen molar-refractivity contribution in [2.75, 3.05) is 26.2 Å². The van der Waals surface area contributed by atoms with E-state index in [0.29, 0.717) is 19.4 Å². The summed E-state index contributed by atoms with van der Waals surface area (Å²) in [6, 6.07) is 10.4. The number of amides is 1. The average molecular weight is 378 g/mol. The summed E-state index contributed by atoms with van der Waals surface area (Å²) in [4.78, 5) is 16.6. The molecule has 2 aliphatic heterocycles. The van der Waals surface area contributed by atoms with Gasteiger partial charge in [-0.15, -0.1) is 0 Å². The highest BCUT2D eigenvalue weighted by Crippen LogP contribution is 2.40. The van der Waals surface area contributed by atoms with Gasteiger partial charge in [0.1, 0.15) is 5.60 Å². The molecule has 1 amide bonds. The Morgan fingerprint density at radius 1 is 1.04 bits per heavy atom. The molecule has 2 saturated heterocycles. The van der Waals surface area contributed by atoms with Gasteiger partial charge in [0.15, 0.2) is 0 Å². The van der Waals surface area contributed by atoms with Crippen LogP contribution < -0.4 is 0 Å². The zero-order valence-corrected chi connectivity index (χ0v) is 15.7. The van der Waals surface area contributed by atoms with Crippen molar-refractivity contribution in [1.29, 1.82) is 0 Å². The summed E-state index contributed by atoms with van der Waals surface area (Å²) in [7, 11) is 0. The number of piperidine rings is 1. The van der Waals surface area contributed by atoms with Crippen LogP contribution >= 0.6 is 0 Å². The minimum atomic E-state index is -2.57. The van der Waals surface area contributed by atoms with Gasteiger partial charge in [0.05, 0.1) is 6.54 Å². The number of nitrogens with zero attached hydrogens (tertiary/aromatic N) is 2. The Morgan fingerprint density at radius 2 is 1.70 bits per heavy atom. The topological polar surface area (TPSA) is 32.8 Å². The smallest absolute Gasteiger partial charge is 0.410 e. The molecule has 27 heavy (non-hydrogen) atoms. The lowest BCUT2D eigenvalue weighted by molar-refractivity contribution is -0.0490. The molecule has 4 rings (SSSR count). The van der Waals surface area contributed by atoms with Crippen LogP contribution in [0.15, 0.2) is 30.3 Å². The second-order valence-corrected chi connectivity index (χ2v) is 8.34. The van der Waals surface area contributed by atoms with Gasteiger partial charge in [-0.25, -0.2) is 13.6 Å². The lowest BCUT2D eigenvalue weighted by Crippen LogP contribution is -2.48. The Bertz CT molecular complexity index is 649. The molecule has 0 atom stereocenters. The van der Waals surface area contributed by atoms with Crippen LogP contribution in [0.25, 0.3) is 0 Å². The third-order valence-corrected chi connectivity index (χ3v) is 6.45. The molecule has 3 aliphatic rings. The molecule has 148 valence electrons. The van der Waals surface area contributed by atoms with Crippen molar-refractivity contribution in [3.8, 4) is 0 Å². The second-order valence-electron chi connectivity index (χ2n) is 8.34. The number of hydrogen-bond donors (Lipinski definition) is 0. The number of rotatable bonds is 4. The number of halogens is 2. The summed E-state index contributed by atoms with van der Waals surface area (Å²) in [6.07, 6.45) is 2.88. The van der Waals surface area contributed by atoms with Gasteiger partial charge in [-0.1, -0.05) is 30.3 Å². The van der Waals surface area contributed by atoms with Crippen molar-refractivity contribution < 1.29 is 18.3 Å². The van der Waals surface area contributed by atoms with Crippen molar-refractivity contribution in [3.63, 3.8) is 0 Å². The maximum atomic E-state index is 13.4. The molecule has 1 spiro atoms. The lowest BCUT2D eigenvalue weighted by atomic mass is 9.88. The third kappa shape index (κ3) is 4.26. The van der Waals surface area contributed by atoms with E-state index in [1.165, 1.54) is 5.56 Å². The molecule has 0 N–H and O–H groups in total. The number of carbonyl (C=O) groups excluding carboxylic acids is 1. The highest BCUT2D eigenvalue weighted by molar-refractivity contribution is 5.71. The summed E-state index contributed by atoms with van der Waals surface area (Å²) < 4.78 is 32.6. The van der Waals surface area contributed by atoms with E-state index in [2.05, 4.69) is 29.2 Å². The fourth-order valence-electron chi connectivity index (χ4n) is 4.64. The van der Waals surface area contributed by atoms with Crippen LogP contribution in [0.5, 0.6) is 0 Å². The minimum Gasteiger partial charge on any atom is -0.441 e. The van der Waals surface area contributed by atoms with Gasteiger partial charge in [-0.3, -0.25) is 0 Å². The lowest BCUT2D eigenvalue weighted by Gasteiger charge is -2.38.